The number of rotatable bonds is 4. The summed E-state index contributed by atoms with van der Waals surface area (Å²) in [7, 11) is 1.71. The standard InChI is InChI=1S/C12H16N4O3/c1-13-9-4-10(6-11(5-9)16(18)19)15-8-2-3-12(17)14-7-8/h4-6,8,13,15H,2-3,7H2,1H3,(H,14,17). The largest absolute Gasteiger partial charge is 0.388 e. The van der Waals surface area contributed by atoms with Gasteiger partial charge in [-0.2, -0.15) is 0 Å². The number of carbonyl (C=O) groups is 1. The van der Waals surface area contributed by atoms with Gasteiger partial charge in [0.15, 0.2) is 0 Å². The lowest BCUT2D eigenvalue weighted by Crippen LogP contribution is -2.41. The van der Waals surface area contributed by atoms with Crippen LogP contribution in [0.1, 0.15) is 12.8 Å². The van der Waals surface area contributed by atoms with E-state index in [1.54, 1.807) is 7.05 Å². The van der Waals surface area contributed by atoms with Crippen LogP contribution in [-0.4, -0.2) is 30.5 Å². The van der Waals surface area contributed by atoms with Gasteiger partial charge in [0.2, 0.25) is 5.91 Å². The van der Waals surface area contributed by atoms with Gasteiger partial charge in [0, 0.05) is 49.6 Å². The minimum Gasteiger partial charge on any atom is -0.388 e. The van der Waals surface area contributed by atoms with E-state index in [2.05, 4.69) is 16.0 Å². The molecule has 0 spiro atoms. The van der Waals surface area contributed by atoms with Crippen LogP contribution in [0, 0.1) is 10.1 Å². The van der Waals surface area contributed by atoms with Crippen molar-refractivity contribution in [3.05, 3.63) is 28.3 Å². The van der Waals surface area contributed by atoms with E-state index in [0.717, 1.165) is 6.42 Å². The summed E-state index contributed by atoms with van der Waals surface area (Å²) in [6.07, 6.45) is 1.20. The lowest BCUT2D eigenvalue weighted by molar-refractivity contribution is -0.384. The number of non-ortho nitro benzene ring substituents is 1. The van der Waals surface area contributed by atoms with Gasteiger partial charge in [-0.05, 0) is 12.5 Å². The van der Waals surface area contributed by atoms with Crippen molar-refractivity contribution in [1.82, 2.24) is 5.32 Å². The van der Waals surface area contributed by atoms with Crippen molar-refractivity contribution in [3.8, 4) is 0 Å². The van der Waals surface area contributed by atoms with E-state index in [1.807, 2.05) is 6.07 Å². The zero-order valence-corrected chi connectivity index (χ0v) is 10.6. The number of nitrogens with zero attached hydrogens (tertiary/aromatic N) is 1. The Kier molecular flexibility index (Phi) is 3.84. The van der Waals surface area contributed by atoms with Crippen LogP contribution < -0.4 is 16.0 Å². The molecule has 7 heteroatoms. The molecule has 0 bridgehead atoms. The summed E-state index contributed by atoms with van der Waals surface area (Å²) in [5, 5.41) is 19.7. The van der Waals surface area contributed by atoms with E-state index >= 15 is 0 Å². The van der Waals surface area contributed by atoms with E-state index in [-0.39, 0.29) is 17.6 Å². The summed E-state index contributed by atoms with van der Waals surface area (Å²) in [4.78, 5) is 21.5. The Morgan fingerprint density at radius 2 is 2.11 bits per heavy atom. The fourth-order valence-electron chi connectivity index (χ4n) is 2.04. The number of carbonyl (C=O) groups excluding carboxylic acids is 1. The Bertz CT molecular complexity index is 494. The molecule has 1 aliphatic heterocycles. The number of anilines is 2. The molecule has 1 aromatic carbocycles. The lowest BCUT2D eigenvalue weighted by Gasteiger charge is -2.24. The van der Waals surface area contributed by atoms with Crippen molar-refractivity contribution < 1.29 is 9.72 Å². The maximum atomic E-state index is 11.1. The van der Waals surface area contributed by atoms with Gasteiger partial charge in [0.25, 0.3) is 5.69 Å². The first-order valence-corrected chi connectivity index (χ1v) is 6.09. The first kappa shape index (κ1) is 13.1. The van der Waals surface area contributed by atoms with E-state index in [1.165, 1.54) is 12.1 Å². The van der Waals surface area contributed by atoms with Crippen molar-refractivity contribution in [2.45, 2.75) is 18.9 Å². The minimum atomic E-state index is -0.422. The first-order valence-electron chi connectivity index (χ1n) is 6.09. The Balaban J connectivity index is 2.12. The summed E-state index contributed by atoms with van der Waals surface area (Å²) in [6.45, 7) is 0.538. The topological polar surface area (TPSA) is 96.3 Å². The van der Waals surface area contributed by atoms with Gasteiger partial charge in [-0.25, -0.2) is 0 Å². The molecular weight excluding hydrogens is 248 g/mol. The number of piperidine rings is 1. The molecule has 1 aromatic rings. The number of nitro groups is 1. The number of nitro benzene ring substituents is 1. The highest BCUT2D eigenvalue weighted by Gasteiger charge is 2.18. The lowest BCUT2D eigenvalue weighted by atomic mass is 10.1. The molecule has 1 fully saturated rings. The molecule has 0 saturated carbocycles. The van der Waals surface area contributed by atoms with Crippen LogP contribution in [-0.2, 0) is 4.79 Å². The summed E-state index contributed by atoms with van der Waals surface area (Å²) >= 11 is 0. The third-order valence-corrected chi connectivity index (χ3v) is 3.05. The molecule has 2 rings (SSSR count). The van der Waals surface area contributed by atoms with Crippen LogP contribution in [0.25, 0.3) is 0 Å². The third-order valence-electron chi connectivity index (χ3n) is 3.05. The van der Waals surface area contributed by atoms with Crippen LogP contribution in [0.2, 0.25) is 0 Å². The second-order valence-corrected chi connectivity index (χ2v) is 4.46. The maximum Gasteiger partial charge on any atom is 0.273 e. The second kappa shape index (κ2) is 5.55. The van der Waals surface area contributed by atoms with Gasteiger partial charge in [-0.15, -0.1) is 0 Å². The predicted octanol–water partition coefficient (Wildman–Crippen LogP) is 1.33. The summed E-state index contributed by atoms with van der Waals surface area (Å²) in [5.41, 5.74) is 1.39. The van der Waals surface area contributed by atoms with E-state index in [4.69, 9.17) is 0 Å². The SMILES string of the molecule is CNc1cc(NC2CCC(=O)NC2)cc([N+](=O)[O-])c1. The van der Waals surface area contributed by atoms with Crippen molar-refractivity contribution in [3.63, 3.8) is 0 Å². The molecular formula is C12H16N4O3. The van der Waals surface area contributed by atoms with Crippen molar-refractivity contribution in [2.24, 2.45) is 0 Å². The van der Waals surface area contributed by atoms with Crippen molar-refractivity contribution in [2.75, 3.05) is 24.2 Å². The number of nitrogens with one attached hydrogen (secondary N) is 3. The molecule has 1 amide bonds. The van der Waals surface area contributed by atoms with Crippen LogP contribution in [0.15, 0.2) is 18.2 Å². The molecule has 1 unspecified atom stereocenters. The molecule has 1 atom stereocenters. The van der Waals surface area contributed by atoms with Crippen LogP contribution in [0.3, 0.4) is 0 Å². The fraction of sp³-hybridized carbons (Fsp3) is 0.417. The molecule has 0 aromatic heterocycles. The highest BCUT2D eigenvalue weighted by molar-refractivity contribution is 5.77. The van der Waals surface area contributed by atoms with Crippen LogP contribution >= 0.6 is 0 Å². The summed E-state index contributed by atoms with van der Waals surface area (Å²) in [6, 6.07) is 4.89. The van der Waals surface area contributed by atoms with Gasteiger partial charge in [-0.1, -0.05) is 0 Å². The number of amides is 1. The number of benzene rings is 1. The average molecular weight is 264 g/mol. The minimum absolute atomic E-state index is 0.0363. The Labute approximate surface area is 110 Å². The Morgan fingerprint density at radius 1 is 1.37 bits per heavy atom. The predicted molar refractivity (Wildman–Crippen MR) is 72.3 cm³/mol. The molecule has 1 heterocycles. The average Bonchev–Trinajstić information content (AvgIpc) is 2.41. The molecule has 0 radical (unpaired) electrons. The number of hydrogen-bond donors (Lipinski definition) is 3. The van der Waals surface area contributed by atoms with E-state index < -0.39 is 4.92 Å². The van der Waals surface area contributed by atoms with Crippen LogP contribution in [0.5, 0.6) is 0 Å². The third kappa shape index (κ3) is 3.34. The monoisotopic (exact) mass is 264 g/mol. The van der Waals surface area contributed by atoms with Gasteiger partial charge < -0.3 is 16.0 Å². The van der Waals surface area contributed by atoms with Gasteiger partial charge in [-0.3, -0.25) is 14.9 Å². The van der Waals surface area contributed by atoms with Crippen molar-refractivity contribution in [1.29, 1.82) is 0 Å². The molecule has 0 aliphatic carbocycles. The smallest absolute Gasteiger partial charge is 0.273 e. The number of hydrogen-bond acceptors (Lipinski definition) is 5. The fourth-order valence-corrected chi connectivity index (χ4v) is 2.04. The molecule has 102 valence electrons. The maximum absolute atomic E-state index is 11.1. The highest BCUT2D eigenvalue weighted by atomic mass is 16.6. The highest BCUT2D eigenvalue weighted by Crippen LogP contribution is 2.25. The Morgan fingerprint density at radius 3 is 2.68 bits per heavy atom. The zero-order valence-electron chi connectivity index (χ0n) is 10.6. The van der Waals surface area contributed by atoms with Gasteiger partial charge in [0.05, 0.1) is 4.92 Å². The molecule has 1 aliphatic rings. The quantitative estimate of drug-likeness (QED) is 0.563. The second-order valence-electron chi connectivity index (χ2n) is 4.46. The summed E-state index contributed by atoms with van der Waals surface area (Å²) in [5.74, 6) is 0.0491. The van der Waals surface area contributed by atoms with Gasteiger partial charge in [0.1, 0.15) is 0 Å². The van der Waals surface area contributed by atoms with Crippen LogP contribution in [0.4, 0.5) is 17.1 Å². The van der Waals surface area contributed by atoms with Crippen molar-refractivity contribution >= 4 is 23.0 Å². The summed E-state index contributed by atoms with van der Waals surface area (Å²) < 4.78 is 0. The van der Waals surface area contributed by atoms with Gasteiger partial charge >= 0.3 is 0 Å². The zero-order chi connectivity index (χ0) is 13.8. The first-order chi connectivity index (χ1) is 9.08. The molecule has 3 N–H and O–H groups in total. The molecule has 1 saturated heterocycles. The molecule has 19 heavy (non-hydrogen) atoms. The molecule has 7 nitrogen and oxygen atoms in total. The Hall–Kier alpha value is -2.31. The van der Waals surface area contributed by atoms with E-state index in [9.17, 15) is 14.9 Å². The van der Waals surface area contributed by atoms with E-state index in [0.29, 0.717) is 24.3 Å². The normalized spacial score (nSPS) is 18.6.